The number of ether oxygens (including phenoxy) is 1. The number of piperidine rings is 1. The molecule has 0 saturated carbocycles. The van der Waals surface area contributed by atoms with Crippen molar-refractivity contribution in [3.8, 4) is 5.75 Å². The van der Waals surface area contributed by atoms with Gasteiger partial charge in [-0.3, -0.25) is 4.79 Å². The maximum atomic E-state index is 12.5. The lowest BCUT2D eigenvalue weighted by molar-refractivity contribution is -0.127. The third kappa shape index (κ3) is 2.75. The maximum Gasteiger partial charge on any atom is 0.227 e. The van der Waals surface area contributed by atoms with E-state index in [0.717, 1.165) is 17.7 Å². The molecule has 0 bridgehead atoms. The van der Waals surface area contributed by atoms with Crippen LogP contribution >= 0.6 is 11.3 Å². The van der Waals surface area contributed by atoms with Gasteiger partial charge < -0.3 is 10.1 Å². The Bertz CT molecular complexity index is 646. The first-order chi connectivity index (χ1) is 10.5. The minimum atomic E-state index is -0.217. The van der Waals surface area contributed by atoms with Crippen LogP contribution in [0.4, 0.5) is 0 Å². The highest BCUT2D eigenvalue weighted by atomic mass is 32.1. The average molecular weight is 315 g/mol. The van der Waals surface area contributed by atoms with E-state index < -0.39 is 0 Å². The average Bonchev–Trinajstić information content (AvgIpc) is 3.00. The highest BCUT2D eigenvalue weighted by molar-refractivity contribution is 7.10. The molecule has 4 heteroatoms. The molecule has 0 spiro atoms. The van der Waals surface area contributed by atoms with E-state index in [1.165, 1.54) is 4.88 Å². The summed E-state index contributed by atoms with van der Waals surface area (Å²) in [5.74, 6) is 1.15. The van der Waals surface area contributed by atoms with Crippen LogP contribution in [0.15, 0.2) is 41.8 Å². The molecule has 2 aromatic rings. The summed E-state index contributed by atoms with van der Waals surface area (Å²) < 4.78 is 5.20. The molecule has 1 aliphatic rings. The number of carbonyl (C=O) groups excluding carboxylic acids is 1. The van der Waals surface area contributed by atoms with Crippen molar-refractivity contribution in [2.75, 3.05) is 7.11 Å². The van der Waals surface area contributed by atoms with Gasteiger partial charge in [-0.05, 0) is 49.4 Å². The van der Waals surface area contributed by atoms with Crippen LogP contribution < -0.4 is 10.1 Å². The Hall–Kier alpha value is -1.81. The summed E-state index contributed by atoms with van der Waals surface area (Å²) in [7, 11) is 1.65. The lowest BCUT2D eigenvalue weighted by Gasteiger charge is -2.42. The second-order valence-corrected chi connectivity index (χ2v) is 7.32. The number of nitrogens with one attached hydrogen (secondary N) is 1. The van der Waals surface area contributed by atoms with Crippen molar-refractivity contribution in [2.24, 2.45) is 0 Å². The highest BCUT2D eigenvalue weighted by Crippen LogP contribution is 2.43. The van der Waals surface area contributed by atoms with Gasteiger partial charge in [0.1, 0.15) is 5.75 Å². The second-order valence-electron chi connectivity index (χ2n) is 6.34. The number of methoxy groups -OCH3 is 1. The fourth-order valence-electron chi connectivity index (χ4n) is 3.21. The molecule has 116 valence electrons. The smallest absolute Gasteiger partial charge is 0.227 e. The zero-order valence-corrected chi connectivity index (χ0v) is 13.9. The number of benzene rings is 1. The lowest BCUT2D eigenvalue weighted by atomic mass is 9.73. The van der Waals surface area contributed by atoms with Crippen LogP contribution in [0, 0.1) is 0 Å². The Kier molecular flexibility index (Phi) is 3.96. The van der Waals surface area contributed by atoms with Crippen LogP contribution in [0.25, 0.3) is 0 Å². The molecular weight excluding hydrogens is 294 g/mol. The SMILES string of the molecule is COc1ccc([C@H]2C[C@@H](c3cccs3)C(C)(C)NC2=O)cc1. The third-order valence-corrected chi connectivity index (χ3v) is 5.50. The molecule has 1 saturated heterocycles. The molecule has 1 aromatic heterocycles. The van der Waals surface area contributed by atoms with Crippen LogP contribution in [0.1, 0.15) is 42.5 Å². The van der Waals surface area contributed by atoms with E-state index in [-0.39, 0.29) is 17.4 Å². The Morgan fingerprint density at radius 1 is 1.23 bits per heavy atom. The first kappa shape index (κ1) is 15.1. The molecule has 0 aliphatic carbocycles. The molecule has 0 radical (unpaired) electrons. The quantitative estimate of drug-likeness (QED) is 0.932. The topological polar surface area (TPSA) is 38.3 Å². The molecule has 1 amide bonds. The van der Waals surface area contributed by atoms with Crippen LogP contribution in [-0.2, 0) is 4.79 Å². The van der Waals surface area contributed by atoms with Gasteiger partial charge in [-0.25, -0.2) is 0 Å². The van der Waals surface area contributed by atoms with Gasteiger partial charge in [0.25, 0.3) is 0 Å². The summed E-state index contributed by atoms with van der Waals surface area (Å²) in [4.78, 5) is 13.9. The van der Waals surface area contributed by atoms with Gasteiger partial charge >= 0.3 is 0 Å². The van der Waals surface area contributed by atoms with Gasteiger partial charge in [0.15, 0.2) is 0 Å². The fraction of sp³-hybridized carbons (Fsp3) is 0.389. The monoisotopic (exact) mass is 315 g/mol. The standard InChI is InChI=1S/C18H21NO2S/c1-18(2)15(16-5-4-10-22-16)11-14(17(20)19-18)12-6-8-13(21-3)9-7-12/h4-10,14-15H,11H2,1-3H3,(H,19,20)/t14-,15+/m1/s1. The van der Waals surface area contributed by atoms with Crippen molar-refractivity contribution in [3.63, 3.8) is 0 Å². The van der Waals surface area contributed by atoms with Crippen LogP contribution in [0.5, 0.6) is 5.75 Å². The zero-order valence-electron chi connectivity index (χ0n) is 13.1. The summed E-state index contributed by atoms with van der Waals surface area (Å²) in [6.07, 6.45) is 0.839. The molecule has 1 aliphatic heterocycles. The predicted octanol–water partition coefficient (Wildman–Crippen LogP) is 3.92. The van der Waals surface area contributed by atoms with Crippen molar-refractivity contribution in [2.45, 2.75) is 37.6 Å². The van der Waals surface area contributed by atoms with Crippen LogP contribution in [0.2, 0.25) is 0 Å². The summed E-state index contributed by atoms with van der Waals surface area (Å²) in [5, 5.41) is 5.31. The van der Waals surface area contributed by atoms with E-state index in [0.29, 0.717) is 5.92 Å². The molecule has 1 N–H and O–H groups in total. The molecule has 2 heterocycles. The number of rotatable bonds is 3. The molecule has 3 nitrogen and oxygen atoms in total. The van der Waals surface area contributed by atoms with Crippen molar-refractivity contribution >= 4 is 17.2 Å². The van der Waals surface area contributed by atoms with Crippen LogP contribution in [0.3, 0.4) is 0 Å². The molecule has 0 unspecified atom stereocenters. The van der Waals surface area contributed by atoms with Gasteiger partial charge in [0.2, 0.25) is 5.91 Å². The first-order valence-corrected chi connectivity index (χ1v) is 8.38. The number of amides is 1. The molecule has 1 fully saturated rings. The Morgan fingerprint density at radius 2 is 1.95 bits per heavy atom. The summed E-state index contributed by atoms with van der Waals surface area (Å²) in [6.45, 7) is 4.22. The maximum absolute atomic E-state index is 12.5. The molecule has 22 heavy (non-hydrogen) atoms. The third-order valence-electron chi connectivity index (χ3n) is 4.51. The number of hydrogen-bond donors (Lipinski definition) is 1. The van der Waals surface area contributed by atoms with Crippen molar-refractivity contribution in [3.05, 3.63) is 52.2 Å². The van der Waals surface area contributed by atoms with E-state index in [1.54, 1.807) is 18.4 Å². The van der Waals surface area contributed by atoms with E-state index >= 15 is 0 Å². The normalized spacial score (nSPS) is 23.9. The van der Waals surface area contributed by atoms with Crippen LogP contribution in [-0.4, -0.2) is 18.6 Å². The highest BCUT2D eigenvalue weighted by Gasteiger charge is 2.42. The van der Waals surface area contributed by atoms with Gasteiger partial charge in [-0.15, -0.1) is 11.3 Å². The number of hydrogen-bond acceptors (Lipinski definition) is 3. The van der Waals surface area contributed by atoms with Gasteiger partial charge in [0.05, 0.1) is 13.0 Å². The second kappa shape index (κ2) is 5.76. The Labute approximate surface area is 135 Å². The van der Waals surface area contributed by atoms with E-state index in [2.05, 4.69) is 36.7 Å². The minimum Gasteiger partial charge on any atom is -0.497 e. The van der Waals surface area contributed by atoms with E-state index in [9.17, 15) is 4.79 Å². The predicted molar refractivity (Wildman–Crippen MR) is 89.6 cm³/mol. The van der Waals surface area contributed by atoms with Crippen molar-refractivity contribution in [1.29, 1.82) is 0 Å². The Morgan fingerprint density at radius 3 is 2.55 bits per heavy atom. The first-order valence-electron chi connectivity index (χ1n) is 7.50. The lowest BCUT2D eigenvalue weighted by Crippen LogP contribution is -2.54. The summed E-state index contributed by atoms with van der Waals surface area (Å²) in [5.41, 5.74) is 0.834. The number of thiophene rings is 1. The van der Waals surface area contributed by atoms with Crippen molar-refractivity contribution < 1.29 is 9.53 Å². The largest absolute Gasteiger partial charge is 0.497 e. The zero-order chi connectivity index (χ0) is 15.7. The van der Waals surface area contributed by atoms with E-state index in [1.807, 2.05) is 24.3 Å². The Balaban J connectivity index is 1.90. The summed E-state index contributed by atoms with van der Waals surface area (Å²) in [6, 6.07) is 12.1. The number of carbonyl (C=O) groups is 1. The van der Waals surface area contributed by atoms with Gasteiger partial charge in [0, 0.05) is 16.3 Å². The van der Waals surface area contributed by atoms with Gasteiger partial charge in [-0.2, -0.15) is 0 Å². The fourth-order valence-corrected chi connectivity index (χ4v) is 4.24. The van der Waals surface area contributed by atoms with Crippen molar-refractivity contribution in [1.82, 2.24) is 5.32 Å². The van der Waals surface area contributed by atoms with E-state index in [4.69, 9.17) is 4.74 Å². The molecule has 2 atom stereocenters. The molecular formula is C18H21NO2S. The van der Waals surface area contributed by atoms with Gasteiger partial charge in [-0.1, -0.05) is 18.2 Å². The molecule has 3 rings (SSSR count). The minimum absolute atomic E-state index is 0.106. The molecule has 1 aromatic carbocycles. The summed E-state index contributed by atoms with van der Waals surface area (Å²) >= 11 is 1.76.